The first-order valence-corrected chi connectivity index (χ1v) is 7.07. The molecule has 0 bridgehead atoms. The second-order valence-corrected chi connectivity index (χ2v) is 5.58. The van der Waals surface area contributed by atoms with Crippen LogP contribution in [-0.2, 0) is 11.3 Å². The molecule has 3 rings (SSSR count). The van der Waals surface area contributed by atoms with Gasteiger partial charge in [0.15, 0.2) is 6.61 Å². The summed E-state index contributed by atoms with van der Waals surface area (Å²) in [6.45, 7) is 0.313. The predicted octanol–water partition coefficient (Wildman–Crippen LogP) is 3.50. The van der Waals surface area contributed by atoms with Crippen LogP contribution in [0.4, 0.5) is 11.4 Å². The first-order chi connectivity index (χ1) is 10.0. The molecule has 2 aromatic rings. The fraction of sp³-hybridized carbons (Fsp3) is 0.133. The zero-order valence-corrected chi connectivity index (χ0v) is 12.5. The molecule has 2 aromatic carbocycles. The van der Waals surface area contributed by atoms with Crippen molar-refractivity contribution in [2.45, 2.75) is 6.54 Å². The molecule has 6 heteroatoms. The number of rotatable bonds is 2. The number of carbonyl (C=O) groups excluding carboxylic acids is 1. The number of halogens is 2. The van der Waals surface area contributed by atoms with E-state index in [0.29, 0.717) is 33.7 Å². The normalized spacial score (nSPS) is 13.8. The van der Waals surface area contributed by atoms with Crippen molar-refractivity contribution in [1.82, 2.24) is 0 Å². The van der Waals surface area contributed by atoms with E-state index in [2.05, 4.69) is 0 Å². The van der Waals surface area contributed by atoms with Gasteiger partial charge in [0.25, 0.3) is 5.91 Å². The molecule has 2 N–H and O–H groups in total. The van der Waals surface area contributed by atoms with Gasteiger partial charge in [-0.25, -0.2) is 0 Å². The topological polar surface area (TPSA) is 55.6 Å². The molecule has 1 heterocycles. The molecule has 0 fully saturated rings. The molecule has 108 valence electrons. The monoisotopic (exact) mass is 322 g/mol. The number of nitrogens with two attached hydrogens (primary N) is 1. The molecule has 21 heavy (non-hydrogen) atoms. The summed E-state index contributed by atoms with van der Waals surface area (Å²) in [5, 5.41) is 1.13. The lowest BCUT2D eigenvalue weighted by molar-refractivity contribution is -0.121. The first-order valence-electron chi connectivity index (χ1n) is 6.31. The Balaban J connectivity index is 2.00. The minimum atomic E-state index is -0.149. The lowest BCUT2D eigenvalue weighted by Crippen LogP contribution is -2.38. The fourth-order valence-corrected chi connectivity index (χ4v) is 2.60. The van der Waals surface area contributed by atoms with Crippen LogP contribution in [0, 0.1) is 0 Å². The van der Waals surface area contributed by atoms with Gasteiger partial charge in [-0.3, -0.25) is 4.79 Å². The summed E-state index contributed by atoms with van der Waals surface area (Å²) in [5.41, 5.74) is 7.77. The molecule has 0 spiro atoms. The van der Waals surface area contributed by atoms with Crippen LogP contribution in [0.1, 0.15) is 5.56 Å². The van der Waals surface area contributed by atoms with E-state index in [1.54, 1.807) is 41.3 Å². The van der Waals surface area contributed by atoms with Gasteiger partial charge in [0, 0.05) is 15.7 Å². The van der Waals surface area contributed by atoms with Crippen LogP contribution < -0.4 is 15.4 Å². The third-order valence-electron chi connectivity index (χ3n) is 3.26. The molecular weight excluding hydrogens is 311 g/mol. The SMILES string of the molecule is Nc1ccc2c(c1)N(Cc1cc(Cl)ccc1Cl)C(=O)CO2. The maximum atomic E-state index is 12.2. The number of amides is 1. The lowest BCUT2D eigenvalue weighted by Gasteiger charge is -2.30. The highest BCUT2D eigenvalue weighted by atomic mass is 35.5. The first kappa shape index (κ1) is 14.0. The molecule has 0 aromatic heterocycles. The average molecular weight is 323 g/mol. The van der Waals surface area contributed by atoms with E-state index in [1.165, 1.54) is 0 Å². The summed E-state index contributed by atoms with van der Waals surface area (Å²) in [5.74, 6) is 0.478. The smallest absolute Gasteiger partial charge is 0.265 e. The number of ether oxygens (including phenoxy) is 1. The minimum Gasteiger partial charge on any atom is -0.482 e. The Morgan fingerprint density at radius 1 is 1.19 bits per heavy atom. The van der Waals surface area contributed by atoms with Gasteiger partial charge in [0.05, 0.1) is 12.2 Å². The number of carbonyl (C=O) groups is 1. The summed E-state index contributed by atoms with van der Waals surface area (Å²) >= 11 is 12.2. The molecule has 1 amide bonds. The van der Waals surface area contributed by atoms with Gasteiger partial charge < -0.3 is 15.4 Å². The van der Waals surface area contributed by atoms with Gasteiger partial charge in [-0.05, 0) is 42.0 Å². The van der Waals surface area contributed by atoms with E-state index < -0.39 is 0 Å². The minimum absolute atomic E-state index is 0.00486. The Hall–Kier alpha value is -1.91. The number of nitrogen functional groups attached to an aromatic ring is 1. The molecule has 4 nitrogen and oxygen atoms in total. The molecule has 0 aliphatic carbocycles. The van der Waals surface area contributed by atoms with Crippen LogP contribution in [0.25, 0.3) is 0 Å². The van der Waals surface area contributed by atoms with E-state index in [-0.39, 0.29) is 12.5 Å². The van der Waals surface area contributed by atoms with Crippen LogP contribution in [0.5, 0.6) is 5.75 Å². The number of fused-ring (bicyclic) bond motifs is 1. The highest BCUT2D eigenvalue weighted by Crippen LogP contribution is 2.35. The summed E-state index contributed by atoms with van der Waals surface area (Å²) in [6.07, 6.45) is 0. The fourth-order valence-electron chi connectivity index (χ4n) is 2.23. The number of benzene rings is 2. The lowest BCUT2D eigenvalue weighted by atomic mass is 10.1. The molecule has 1 aliphatic rings. The van der Waals surface area contributed by atoms with Gasteiger partial charge in [0.1, 0.15) is 5.75 Å². The van der Waals surface area contributed by atoms with Crippen molar-refractivity contribution in [3.8, 4) is 5.75 Å². The maximum absolute atomic E-state index is 12.2. The Morgan fingerprint density at radius 2 is 2.00 bits per heavy atom. The second-order valence-electron chi connectivity index (χ2n) is 4.73. The van der Waals surface area contributed by atoms with Crippen molar-refractivity contribution in [3.05, 3.63) is 52.0 Å². The van der Waals surface area contributed by atoms with Crippen molar-refractivity contribution in [2.24, 2.45) is 0 Å². The predicted molar refractivity (Wildman–Crippen MR) is 84.0 cm³/mol. The van der Waals surface area contributed by atoms with Crippen molar-refractivity contribution < 1.29 is 9.53 Å². The van der Waals surface area contributed by atoms with E-state index in [1.807, 2.05) is 0 Å². The van der Waals surface area contributed by atoms with E-state index in [4.69, 9.17) is 33.7 Å². The molecule has 0 unspecified atom stereocenters. The summed E-state index contributed by atoms with van der Waals surface area (Å²) in [7, 11) is 0. The molecule has 0 saturated carbocycles. The van der Waals surface area contributed by atoms with E-state index >= 15 is 0 Å². The molecule has 1 aliphatic heterocycles. The molecule has 0 saturated heterocycles. The largest absolute Gasteiger partial charge is 0.482 e. The van der Waals surface area contributed by atoms with Gasteiger partial charge in [-0.15, -0.1) is 0 Å². The van der Waals surface area contributed by atoms with Gasteiger partial charge in [-0.1, -0.05) is 23.2 Å². The van der Waals surface area contributed by atoms with Crippen LogP contribution >= 0.6 is 23.2 Å². The van der Waals surface area contributed by atoms with Gasteiger partial charge in [-0.2, -0.15) is 0 Å². The Morgan fingerprint density at radius 3 is 2.81 bits per heavy atom. The standard InChI is InChI=1S/C15H12Cl2N2O2/c16-10-1-3-12(17)9(5-10)7-19-13-6-11(18)2-4-14(13)21-8-15(19)20/h1-6H,7-8,18H2. The molecule has 0 atom stereocenters. The zero-order valence-electron chi connectivity index (χ0n) is 11.0. The number of anilines is 2. The Labute approximate surface area is 132 Å². The van der Waals surface area contributed by atoms with Crippen molar-refractivity contribution in [1.29, 1.82) is 0 Å². The zero-order chi connectivity index (χ0) is 15.0. The quantitative estimate of drug-likeness (QED) is 0.861. The molecular formula is C15H12Cl2N2O2. The van der Waals surface area contributed by atoms with Crippen LogP contribution in [0.2, 0.25) is 10.0 Å². The Bertz CT molecular complexity index is 719. The number of hydrogen-bond acceptors (Lipinski definition) is 3. The van der Waals surface area contributed by atoms with Gasteiger partial charge >= 0.3 is 0 Å². The highest BCUT2D eigenvalue weighted by Gasteiger charge is 2.26. The van der Waals surface area contributed by atoms with Crippen LogP contribution in [0.15, 0.2) is 36.4 Å². The van der Waals surface area contributed by atoms with Crippen LogP contribution in [-0.4, -0.2) is 12.5 Å². The number of hydrogen-bond donors (Lipinski definition) is 1. The highest BCUT2D eigenvalue weighted by molar-refractivity contribution is 6.33. The van der Waals surface area contributed by atoms with E-state index in [9.17, 15) is 4.79 Å². The Kier molecular flexibility index (Phi) is 3.66. The maximum Gasteiger partial charge on any atom is 0.265 e. The summed E-state index contributed by atoms with van der Waals surface area (Å²) in [4.78, 5) is 13.8. The third kappa shape index (κ3) is 2.77. The molecule has 0 radical (unpaired) electrons. The summed E-state index contributed by atoms with van der Waals surface area (Å²) in [6, 6.07) is 10.4. The van der Waals surface area contributed by atoms with E-state index in [0.717, 1.165) is 5.56 Å². The van der Waals surface area contributed by atoms with Gasteiger partial charge in [0.2, 0.25) is 0 Å². The number of nitrogens with zero attached hydrogens (tertiary/aromatic N) is 1. The summed E-state index contributed by atoms with van der Waals surface area (Å²) < 4.78 is 5.41. The second kappa shape index (κ2) is 5.47. The van der Waals surface area contributed by atoms with Crippen LogP contribution in [0.3, 0.4) is 0 Å². The van der Waals surface area contributed by atoms with Crippen molar-refractivity contribution in [3.63, 3.8) is 0 Å². The average Bonchev–Trinajstić information content (AvgIpc) is 2.46. The third-order valence-corrected chi connectivity index (χ3v) is 3.87. The van der Waals surface area contributed by atoms with Crippen molar-refractivity contribution in [2.75, 3.05) is 17.2 Å². The van der Waals surface area contributed by atoms with Crippen molar-refractivity contribution >= 4 is 40.5 Å².